The molecule has 7 aliphatic carbocycles. The summed E-state index contributed by atoms with van der Waals surface area (Å²) in [6.45, 7) is 31.2. The Bertz CT molecular complexity index is 2260. The van der Waals surface area contributed by atoms with Gasteiger partial charge in [-0.25, -0.2) is 0 Å². The third-order valence-electron chi connectivity index (χ3n) is 23.9. The summed E-state index contributed by atoms with van der Waals surface area (Å²) >= 11 is 0. The molecule has 2 N–H and O–H groups in total. The largest absolute Gasteiger partial charge is 0.481 e. The molecule has 8 fully saturated rings. The molecule has 1 saturated heterocycles. The topological polar surface area (TPSA) is 139 Å². The lowest BCUT2D eigenvalue weighted by Gasteiger charge is -2.74. The number of allylic oxidation sites excluding steroid dienone is 1. The number of aliphatic carboxylic acids is 1. The van der Waals surface area contributed by atoms with E-state index < -0.39 is 28.1 Å². The summed E-state index contributed by atoms with van der Waals surface area (Å²) in [6, 6.07) is 9.61. The zero-order valence-corrected chi connectivity index (χ0v) is 44.8. The van der Waals surface area contributed by atoms with Gasteiger partial charge in [-0.15, -0.1) is 0 Å². The maximum Gasteiger partial charge on any atom is 0.310 e. The van der Waals surface area contributed by atoms with E-state index in [9.17, 15) is 24.3 Å². The summed E-state index contributed by atoms with van der Waals surface area (Å²) in [4.78, 5) is 71.2. The molecule has 1 heterocycles. The predicted octanol–water partition coefficient (Wildman–Crippen LogP) is 11.5. The highest BCUT2D eigenvalue weighted by molar-refractivity contribution is 5.87. The van der Waals surface area contributed by atoms with E-state index in [4.69, 9.17) is 9.47 Å². The molecule has 14 atom stereocenters. The highest BCUT2D eigenvalue weighted by atomic mass is 16.5. The minimum Gasteiger partial charge on any atom is -0.481 e. The Morgan fingerprint density at radius 3 is 2.01 bits per heavy atom. The molecule has 7 saturated carbocycles. The smallest absolute Gasteiger partial charge is 0.310 e. The first-order valence-electron chi connectivity index (χ1n) is 27.7. The number of benzene rings is 1. The van der Waals surface area contributed by atoms with Crippen LogP contribution in [0.3, 0.4) is 0 Å². The quantitative estimate of drug-likeness (QED) is 0.165. The van der Waals surface area contributed by atoms with Crippen LogP contribution in [0.2, 0.25) is 0 Å². The van der Waals surface area contributed by atoms with Crippen molar-refractivity contribution in [2.45, 2.75) is 179 Å². The lowest BCUT2D eigenvalue weighted by atomic mass is 9.29. The van der Waals surface area contributed by atoms with Gasteiger partial charge in [0.2, 0.25) is 11.8 Å². The molecule has 0 bridgehead atoms. The van der Waals surface area contributed by atoms with E-state index in [0.717, 1.165) is 69.8 Å². The van der Waals surface area contributed by atoms with Crippen LogP contribution in [0.1, 0.15) is 172 Å². The first-order chi connectivity index (χ1) is 32.8. The molecule has 70 heavy (non-hydrogen) atoms. The molecular formula is C60H88N2O8. The number of carboxylic acids is 1. The average Bonchev–Trinajstić information content (AvgIpc) is 3.72. The zero-order chi connectivity index (χ0) is 50.8. The molecule has 1 aromatic rings. The molecule has 2 amide bonds. The van der Waals surface area contributed by atoms with Crippen LogP contribution in [-0.2, 0) is 40.1 Å². The SMILES string of the molecule is C=C(C)C1CC[C@]2(C(=O)NC3CC(C(=O)N4CCC(C(=O)OCC)CC4)C3(C)C)CC[C@]3(C)[C@H](CC[C@@H]4[C@]5(C)CC[C@H]([C@]6(C(=O)O)C[C@@H](C(=O)OCc7ccccc7)C6(C)C)C(C)(C)[C@H]5CC[C@]43C)[C@@H]12. The van der Waals surface area contributed by atoms with E-state index in [1.54, 1.807) is 0 Å². The zero-order valence-electron chi connectivity index (χ0n) is 44.8. The molecule has 10 nitrogen and oxygen atoms in total. The Morgan fingerprint density at radius 2 is 1.40 bits per heavy atom. The van der Waals surface area contributed by atoms with Crippen LogP contribution in [0, 0.1) is 96.6 Å². The van der Waals surface area contributed by atoms with Crippen molar-refractivity contribution in [3.05, 3.63) is 48.0 Å². The minimum atomic E-state index is -1.03. The molecule has 1 aliphatic heterocycles. The second-order valence-electron chi connectivity index (χ2n) is 27.1. The number of carbonyl (C=O) groups excluding carboxylic acids is 4. The van der Waals surface area contributed by atoms with Crippen LogP contribution in [-0.4, -0.2) is 65.5 Å². The number of ether oxygens (including phenoxy) is 2. The lowest BCUT2D eigenvalue weighted by molar-refractivity contribution is -0.269. The monoisotopic (exact) mass is 965 g/mol. The van der Waals surface area contributed by atoms with Gasteiger partial charge >= 0.3 is 17.9 Å². The van der Waals surface area contributed by atoms with Crippen LogP contribution in [0.5, 0.6) is 0 Å². The highest BCUT2D eigenvalue weighted by Crippen LogP contribution is 2.80. The normalized spacial score (nSPS) is 42.2. The Labute approximate surface area is 420 Å². The Morgan fingerprint density at radius 1 is 0.729 bits per heavy atom. The van der Waals surface area contributed by atoms with Crippen LogP contribution in [0.4, 0.5) is 0 Å². The summed E-state index contributed by atoms with van der Waals surface area (Å²) < 4.78 is 11.1. The number of esters is 2. The van der Waals surface area contributed by atoms with Crippen LogP contribution in [0.15, 0.2) is 42.5 Å². The van der Waals surface area contributed by atoms with Gasteiger partial charge in [-0.2, -0.15) is 0 Å². The molecule has 0 aromatic heterocycles. The Kier molecular flexibility index (Phi) is 12.8. The van der Waals surface area contributed by atoms with Crippen molar-refractivity contribution < 1.29 is 38.6 Å². The van der Waals surface area contributed by atoms with Crippen LogP contribution in [0.25, 0.3) is 0 Å². The molecule has 10 heteroatoms. The second-order valence-corrected chi connectivity index (χ2v) is 27.1. The summed E-state index contributed by atoms with van der Waals surface area (Å²) in [5.74, 6) is -0.0312. The van der Waals surface area contributed by atoms with Gasteiger partial charge < -0.3 is 24.8 Å². The fraction of sp³-hybridized carbons (Fsp3) is 0.783. The number of piperidine rings is 1. The molecule has 386 valence electrons. The first kappa shape index (κ1) is 51.2. The number of fused-ring (bicyclic) bond motifs is 7. The fourth-order valence-electron chi connectivity index (χ4n) is 19.5. The third-order valence-corrected chi connectivity index (χ3v) is 23.9. The van der Waals surface area contributed by atoms with E-state index >= 15 is 4.79 Å². The molecule has 0 radical (unpaired) electrons. The van der Waals surface area contributed by atoms with E-state index in [-0.39, 0.29) is 93.1 Å². The minimum absolute atomic E-state index is 0.0247. The van der Waals surface area contributed by atoms with Crippen LogP contribution >= 0.6 is 0 Å². The van der Waals surface area contributed by atoms with E-state index in [1.165, 1.54) is 5.57 Å². The summed E-state index contributed by atoms with van der Waals surface area (Å²) in [5.41, 5.74) is -0.680. The fourth-order valence-corrected chi connectivity index (χ4v) is 19.5. The maximum atomic E-state index is 15.3. The molecule has 3 unspecified atom stereocenters. The third kappa shape index (κ3) is 7.19. The van der Waals surface area contributed by atoms with Gasteiger partial charge in [0.1, 0.15) is 6.61 Å². The van der Waals surface area contributed by atoms with Crippen molar-refractivity contribution in [2.24, 2.45) is 96.6 Å². The summed E-state index contributed by atoms with van der Waals surface area (Å²) in [7, 11) is 0. The van der Waals surface area contributed by atoms with Gasteiger partial charge in [0, 0.05) is 25.0 Å². The highest BCUT2D eigenvalue weighted by Gasteiger charge is 2.77. The maximum absolute atomic E-state index is 15.3. The van der Waals surface area contributed by atoms with Crippen molar-refractivity contribution in [3.8, 4) is 0 Å². The molecule has 9 rings (SSSR count). The molecular weight excluding hydrogens is 877 g/mol. The number of likely N-dealkylation sites (tertiary alicyclic amines) is 1. The number of hydrogen-bond acceptors (Lipinski definition) is 7. The van der Waals surface area contributed by atoms with Gasteiger partial charge in [-0.1, -0.05) is 105 Å². The second kappa shape index (κ2) is 17.5. The van der Waals surface area contributed by atoms with Crippen molar-refractivity contribution in [2.75, 3.05) is 19.7 Å². The molecule has 8 aliphatic rings. The van der Waals surface area contributed by atoms with Crippen molar-refractivity contribution in [1.82, 2.24) is 10.2 Å². The number of rotatable bonds is 11. The summed E-state index contributed by atoms with van der Waals surface area (Å²) in [5, 5.41) is 15.0. The number of hydrogen-bond donors (Lipinski definition) is 2. The molecule has 0 spiro atoms. The lowest BCUT2D eigenvalue weighted by Crippen LogP contribution is -2.71. The Balaban J connectivity index is 0.908. The van der Waals surface area contributed by atoms with Gasteiger partial charge in [0.25, 0.3) is 0 Å². The van der Waals surface area contributed by atoms with Gasteiger partial charge in [-0.3, -0.25) is 24.0 Å². The standard InChI is InChI=1S/C60H88N2O8/c1-13-69-49(64)38-24-31-62(32-25-38)48(63)41-33-46(53(41,4)5)61-51(66)59-28-21-39(36(2)3)47(59)40-19-20-45-56(10)26-22-44(54(6,7)43(56)23-27-58(45,12)57(40,11)29-30-59)60(52(67)68)34-42(55(60,8)9)50(65)70-35-37-17-15-14-16-18-37/h14-18,38-47H,2,13,19-35H2,1,3-12H3,(H,61,66)(H,67,68)/t39?,40-,41?,42+,43-,44+,45-,46?,47-,56-,57-,58-,59+,60+/m1/s1. The molecule has 1 aromatic carbocycles. The van der Waals surface area contributed by atoms with Crippen molar-refractivity contribution in [3.63, 3.8) is 0 Å². The number of amides is 2. The van der Waals surface area contributed by atoms with E-state index in [1.807, 2.05) is 56.0 Å². The van der Waals surface area contributed by atoms with Gasteiger partial charge in [0.15, 0.2) is 0 Å². The summed E-state index contributed by atoms with van der Waals surface area (Å²) in [6.07, 6.45) is 12.1. The van der Waals surface area contributed by atoms with Gasteiger partial charge in [0.05, 0.1) is 29.3 Å². The first-order valence-corrected chi connectivity index (χ1v) is 27.7. The van der Waals surface area contributed by atoms with Crippen molar-refractivity contribution >= 4 is 29.7 Å². The number of carboxylic acid groups (broad SMARTS) is 1. The van der Waals surface area contributed by atoms with Crippen molar-refractivity contribution in [1.29, 1.82) is 0 Å². The number of carbonyl (C=O) groups is 5. The van der Waals surface area contributed by atoms with Crippen LogP contribution < -0.4 is 5.32 Å². The van der Waals surface area contributed by atoms with Gasteiger partial charge in [-0.05, 0) is 177 Å². The number of nitrogens with one attached hydrogen (secondary N) is 1. The average molecular weight is 965 g/mol. The Hall–Kier alpha value is -3.69. The predicted molar refractivity (Wildman–Crippen MR) is 270 cm³/mol. The number of nitrogens with zero attached hydrogens (tertiary/aromatic N) is 1. The van der Waals surface area contributed by atoms with E-state index in [2.05, 4.69) is 67.3 Å². The van der Waals surface area contributed by atoms with E-state index in [0.29, 0.717) is 63.1 Å².